The Morgan fingerprint density at radius 3 is 0.929 bits per heavy atom. The van der Waals surface area contributed by atoms with Crippen LogP contribution in [0.5, 0.6) is 0 Å². The summed E-state index contributed by atoms with van der Waals surface area (Å²) in [4.78, 5) is 0. The molecule has 0 radical (unpaired) electrons. The monoisotopic (exact) mass is 419 g/mol. The van der Waals surface area contributed by atoms with Crippen LogP contribution in [-0.2, 0) is 0 Å². The van der Waals surface area contributed by atoms with Crippen LogP contribution in [0.2, 0.25) is 0 Å². The first kappa shape index (κ1) is 21.9. The molecule has 3 aromatic rings. The summed E-state index contributed by atoms with van der Waals surface area (Å²) in [5, 5.41) is 0. The van der Waals surface area contributed by atoms with Gasteiger partial charge in [0.1, 0.15) is 17.1 Å². The molecule has 0 unspecified atom stereocenters. The van der Waals surface area contributed by atoms with Gasteiger partial charge in [0, 0.05) is 0 Å². The molecule has 0 heterocycles. The molecule has 1 nitrogen and oxygen atoms in total. The maximum absolute atomic E-state index is 10.7. The molecule has 0 aliphatic rings. The SMILES string of the molecule is CC[N+](c1ccccc1)(c1ccccc1)c1ccccc1.F[P-](F)(F)(F)(F)F. The Morgan fingerprint density at radius 1 is 0.536 bits per heavy atom. The molecule has 0 saturated heterocycles. The van der Waals surface area contributed by atoms with Crippen LogP contribution in [0.4, 0.5) is 42.2 Å². The minimum atomic E-state index is -10.7. The van der Waals surface area contributed by atoms with Crippen molar-refractivity contribution in [2.75, 3.05) is 6.54 Å². The molecule has 0 N–H and O–H groups in total. The van der Waals surface area contributed by atoms with Gasteiger partial charge >= 0.3 is 33.0 Å². The summed E-state index contributed by atoms with van der Waals surface area (Å²) >= 11 is 0. The maximum atomic E-state index is 9.87. The van der Waals surface area contributed by atoms with Crippen LogP contribution in [0.3, 0.4) is 0 Å². The average Bonchev–Trinajstić information content (AvgIpc) is 2.63. The second-order valence-corrected chi connectivity index (χ2v) is 8.01. The van der Waals surface area contributed by atoms with Gasteiger partial charge in [0.05, 0.1) is 6.54 Å². The summed E-state index contributed by atoms with van der Waals surface area (Å²) in [7, 11) is -10.7. The van der Waals surface area contributed by atoms with Gasteiger partial charge in [0.15, 0.2) is 0 Å². The van der Waals surface area contributed by atoms with E-state index in [4.69, 9.17) is 0 Å². The zero-order chi connectivity index (χ0) is 21.0. The quantitative estimate of drug-likeness (QED) is 0.225. The molecule has 28 heavy (non-hydrogen) atoms. The van der Waals surface area contributed by atoms with E-state index in [1.807, 2.05) is 0 Å². The summed E-state index contributed by atoms with van der Waals surface area (Å²) in [6.07, 6.45) is 0. The molecule has 0 saturated carbocycles. The number of para-hydroxylation sites is 3. The molecule has 8 heteroatoms. The Balaban J connectivity index is 0.000000345. The van der Waals surface area contributed by atoms with Crippen molar-refractivity contribution >= 4 is 24.9 Å². The van der Waals surface area contributed by atoms with Crippen molar-refractivity contribution in [3.05, 3.63) is 91.0 Å². The topological polar surface area (TPSA) is 0 Å². The predicted molar refractivity (Wildman–Crippen MR) is 105 cm³/mol. The third-order valence-corrected chi connectivity index (χ3v) is 4.07. The van der Waals surface area contributed by atoms with Crippen LogP contribution < -0.4 is 4.48 Å². The standard InChI is InChI=1S/C20H20N.F6P/c1-2-21(18-12-6-3-7-13-18,19-14-8-4-9-15-19)20-16-10-5-11-17-20;1-7(2,3,4,5)6/h3-17H,2H2,1H3;/q+1;-1. The second kappa shape index (κ2) is 7.22. The number of quaternary nitrogens is 1. The fraction of sp³-hybridized carbons (Fsp3) is 0.100. The molecule has 0 aromatic heterocycles. The van der Waals surface area contributed by atoms with Crippen LogP contribution >= 0.6 is 7.81 Å². The molecule has 0 amide bonds. The molecule has 0 atom stereocenters. The van der Waals surface area contributed by atoms with E-state index in [0.717, 1.165) is 11.0 Å². The van der Waals surface area contributed by atoms with E-state index in [1.54, 1.807) is 0 Å². The predicted octanol–water partition coefficient (Wildman–Crippen LogP) is 9.06. The molecule has 0 aliphatic carbocycles. The van der Waals surface area contributed by atoms with Crippen molar-refractivity contribution in [3.63, 3.8) is 0 Å². The molecule has 0 fully saturated rings. The molecule has 0 bridgehead atoms. The molecule has 0 aliphatic heterocycles. The van der Waals surface area contributed by atoms with Crippen molar-refractivity contribution < 1.29 is 25.2 Å². The van der Waals surface area contributed by atoms with Gasteiger partial charge in [0.2, 0.25) is 0 Å². The zero-order valence-corrected chi connectivity index (χ0v) is 15.9. The molecule has 152 valence electrons. The normalized spacial score (nSPS) is 14.2. The summed E-state index contributed by atoms with van der Waals surface area (Å²) in [6.45, 7) is 3.21. The number of benzene rings is 3. The van der Waals surface area contributed by atoms with Gasteiger partial charge < -0.3 is 0 Å². The van der Waals surface area contributed by atoms with Crippen molar-refractivity contribution in [2.45, 2.75) is 6.92 Å². The fourth-order valence-electron chi connectivity index (χ4n) is 3.04. The van der Waals surface area contributed by atoms with E-state index in [9.17, 15) is 25.2 Å². The fourth-order valence-corrected chi connectivity index (χ4v) is 3.04. The molecule has 3 aromatic carbocycles. The molecule has 3 rings (SSSR count). The molecular formula is C20H20F6NP. The zero-order valence-electron chi connectivity index (χ0n) is 15.0. The van der Waals surface area contributed by atoms with Crippen molar-refractivity contribution in [1.82, 2.24) is 4.48 Å². The summed E-state index contributed by atoms with van der Waals surface area (Å²) in [5.74, 6) is 0. The summed E-state index contributed by atoms with van der Waals surface area (Å²) in [5.41, 5.74) is 3.87. The van der Waals surface area contributed by atoms with Gasteiger partial charge in [-0.15, -0.1) is 0 Å². The number of rotatable bonds is 4. The van der Waals surface area contributed by atoms with E-state index < -0.39 is 7.81 Å². The van der Waals surface area contributed by atoms with E-state index >= 15 is 0 Å². The van der Waals surface area contributed by atoms with E-state index in [0.29, 0.717) is 0 Å². The van der Waals surface area contributed by atoms with Crippen LogP contribution in [0.15, 0.2) is 91.0 Å². The first-order valence-corrected chi connectivity index (χ1v) is 10.5. The first-order valence-electron chi connectivity index (χ1n) is 8.44. The Kier molecular flexibility index (Phi) is 5.66. The van der Waals surface area contributed by atoms with E-state index in [1.165, 1.54) is 17.1 Å². The summed E-state index contributed by atoms with van der Waals surface area (Å²) < 4.78 is 59.9. The van der Waals surface area contributed by atoms with Crippen molar-refractivity contribution in [2.24, 2.45) is 0 Å². The Bertz CT molecular complexity index is 774. The van der Waals surface area contributed by atoms with Gasteiger partial charge in [-0.1, -0.05) is 54.6 Å². The van der Waals surface area contributed by atoms with Gasteiger partial charge in [0.25, 0.3) is 0 Å². The van der Waals surface area contributed by atoms with Crippen LogP contribution in [0, 0.1) is 0 Å². The van der Waals surface area contributed by atoms with Crippen LogP contribution in [-0.4, -0.2) is 6.54 Å². The number of nitrogens with zero attached hydrogens (tertiary/aromatic N) is 1. The van der Waals surface area contributed by atoms with Crippen LogP contribution in [0.1, 0.15) is 6.92 Å². The Morgan fingerprint density at radius 2 is 0.750 bits per heavy atom. The average molecular weight is 419 g/mol. The third-order valence-electron chi connectivity index (χ3n) is 4.07. The molecule has 0 spiro atoms. The van der Waals surface area contributed by atoms with E-state index in [2.05, 4.69) is 97.9 Å². The van der Waals surface area contributed by atoms with Crippen molar-refractivity contribution in [3.8, 4) is 0 Å². The molecular weight excluding hydrogens is 399 g/mol. The minimum absolute atomic E-state index is 0.739. The number of halogens is 6. The third kappa shape index (κ3) is 6.66. The Hall–Kier alpha value is -2.37. The van der Waals surface area contributed by atoms with Gasteiger partial charge in [-0.3, -0.25) is 0 Å². The Labute approximate surface area is 159 Å². The number of hydrogen-bond donors (Lipinski definition) is 0. The van der Waals surface area contributed by atoms with Crippen molar-refractivity contribution in [1.29, 1.82) is 0 Å². The van der Waals surface area contributed by atoms with Gasteiger partial charge in [-0.2, -0.15) is 0 Å². The second-order valence-electron chi connectivity index (χ2n) is 6.09. The number of hydrogen-bond acceptors (Lipinski definition) is 0. The van der Waals surface area contributed by atoms with E-state index in [-0.39, 0.29) is 0 Å². The van der Waals surface area contributed by atoms with Gasteiger partial charge in [-0.25, -0.2) is 4.48 Å². The van der Waals surface area contributed by atoms with Crippen LogP contribution in [0.25, 0.3) is 0 Å². The van der Waals surface area contributed by atoms with Gasteiger partial charge in [-0.05, 0) is 43.3 Å². The first-order chi connectivity index (χ1) is 12.8. The summed E-state index contributed by atoms with van der Waals surface area (Å²) in [6, 6.07) is 32.2.